The Kier molecular flexibility index (Phi) is 5.73. The number of imide groups is 1. The van der Waals surface area contributed by atoms with Crippen molar-refractivity contribution in [1.29, 1.82) is 0 Å². The van der Waals surface area contributed by atoms with E-state index in [2.05, 4.69) is 71.6 Å². The van der Waals surface area contributed by atoms with Crippen LogP contribution in [-0.2, 0) is 17.9 Å². The summed E-state index contributed by atoms with van der Waals surface area (Å²) in [6.45, 7) is 5.30. The van der Waals surface area contributed by atoms with E-state index in [9.17, 15) is 9.59 Å². The zero-order chi connectivity index (χ0) is 24.7. The smallest absolute Gasteiger partial charge is 0.310 e. The van der Waals surface area contributed by atoms with Gasteiger partial charge in [0.1, 0.15) is 5.54 Å². The quantitative estimate of drug-likeness (QED) is 0.341. The van der Waals surface area contributed by atoms with Gasteiger partial charge in [0.05, 0.1) is 6.54 Å². The van der Waals surface area contributed by atoms with Gasteiger partial charge in [-0.1, -0.05) is 72.8 Å². The SMILES string of the molecule is CCN1C(=O)N(Cc2ccc3ccccc3c2)C(=O)C12CCN(Cc1ccc3ccccc3c1)CC2. The molecule has 0 aromatic heterocycles. The number of likely N-dealkylation sites (tertiary alicyclic amines) is 1. The average molecular weight is 478 g/mol. The van der Waals surface area contributed by atoms with E-state index in [1.165, 1.54) is 21.2 Å². The molecular formula is C31H31N3O2. The summed E-state index contributed by atoms with van der Waals surface area (Å²) < 4.78 is 0. The van der Waals surface area contributed by atoms with E-state index in [0.717, 1.165) is 36.0 Å². The lowest BCUT2D eigenvalue weighted by Gasteiger charge is -2.42. The van der Waals surface area contributed by atoms with Gasteiger partial charge in [-0.3, -0.25) is 14.6 Å². The number of fused-ring (bicyclic) bond motifs is 2. The van der Waals surface area contributed by atoms with Crippen LogP contribution in [0.4, 0.5) is 4.79 Å². The fourth-order valence-electron chi connectivity index (χ4n) is 6.04. The van der Waals surface area contributed by atoms with Gasteiger partial charge in [-0.05, 0) is 64.6 Å². The molecule has 2 heterocycles. The molecule has 3 amide bonds. The second-order valence-electron chi connectivity index (χ2n) is 10.1. The second kappa shape index (κ2) is 9.07. The minimum atomic E-state index is -0.720. The molecule has 5 heteroatoms. The van der Waals surface area contributed by atoms with Crippen LogP contribution in [0.1, 0.15) is 30.9 Å². The molecule has 2 aliphatic rings. The maximum atomic E-state index is 13.8. The normalized spacial score (nSPS) is 18.1. The Morgan fingerprint density at radius 2 is 1.22 bits per heavy atom. The molecule has 0 radical (unpaired) electrons. The van der Waals surface area contributed by atoms with E-state index in [-0.39, 0.29) is 11.9 Å². The highest BCUT2D eigenvalue weighted by atomic mass is 16.2. The standard InChI is InChI=1S/C31H31N3O2/c1-2-34-30(36)33(22-24-12-14-26-8-4-6-10-28(26)20-24)29(35)31(34)15-17-32(18-16-31)21-23-11-13-25-7-3-5-9-27(25)19-23/h3-14,19-20H,2,15-18,21-22H2,1H3. The molecule has 2 fully saturated rings. The molecule has 36 heavy (non-hydrogen) atoms. The van der Waals surface area contributed by atoms with Crippen molar-refractivity contribution in [2.45, 2.75) is 38.4 Å². The van der Waals surface area contributed by atoms with Crippen LogP contribution in [0, 0.1) is 0 Å². The maximum absolute atomic E-state index is 13.8. The van der Waals surface area contributed by atoms with E-state index in [1.807, 2.05) is 30.0 Å². The summed E-state index contributed by atoms with van der Waals surface area (Å²) in [7, 11) is 0. The third-order valence-electron chi connectivity index (χ3n) is 8.00. The van der Waals surface area contributed by atoms with Gasteiger partial charge in [-0.15, -0.1) is 0 Å². The highest BCUT2D eigenvalue weighted by Gasteiger charge is 2.57. The Hall–Kier alpha value is -3.70. The zero-order valence-corrected chi connectivity index (χ0v) is 20.7. The van der Waals surface area contributed by atoms with Crippen LogP contribution < -0.4 is 0 Å². The molecule has 182 valence electrons. The number of urea groups is 1. The minimum Gasteiger partial charge on any atom is -0.310 e. The zero-order valence-electron chi connectivity index (χ0n) is 20.7. The third kappa shape index (κ3) is 3.84. The summed E-state index contributed by atoms with van der Waals surface area (Å²) in [4.78, 5) is 32.9. The van der Waals surface area contributed by atoms with Gasteiger partial charge in [-0.2, -0.15) is 0 Å². The van der Waals surface area contributed by atoms with Crippen LogP contribution >= 0.6 is 0 Å². The largest absolute Gasteiger partial charge is 0.327 e. The molecule has 0 N–H and O–H groups in total. The molecule has 5 nitrogen and oxygen atoms in total. The molecule has 0 saturated carbocycles. The van der Waals surface area contributed by atoms with Crippen molar-refractivity contribution in [2.75, 3.05) is 19.6 Å². The molecule has 0 atom stereocenters. The predicted octanol–water partition coefficient (Wildman–Crippen LogP) is 5.81. The first-order valence-electron chi connectivity index (χ1n) is 12.9. The van der Waals surface area contributed by atoms with E-state index in [4.69, 9.17) is 0 Å². The van der Waals surface area contributed by atoms with Crippen molar-refractivity contribution < 1.29 is 9.59 Å². The number of hydrogen-bond acceptors (Lipinski definition) is 3. The third-order valence-corrected chi connectivity index (χ3v) is 8.00. The van der Waals surface area contributed by atoms with Gasteiger partial charge in [0.25, 0.3) is 5.91 Å². The van der Waals surface area contributed by atoms with Crippen LogP contribution in [0.3, 0.4) is 0 Å². The van der Waals surface area contributed by atoms with Gasteiger partial charge in [0, 0.05) is 26.2 Å². The second-order valence-corrected chi connectivity index (χ2v) is 10.1. The van der Waals surface area contributed by atoms with Gasteiger partial charge in [0.2, 0.25) is 0 Å². The van der Waals surface area contributed by atoms with Gasteiger partial charge >= 0.3 is 6.03 Å². The number of piperidine rings is 1. The Labute approximate surface area is 211 Å². The Bertz CT molecular complexity index is 1450. The lowest BCUT2D eigenvalue weighted by Crippen LogP contribution is -2.56. The van der Waals surface area contributed by atoms with Crippen molar-refractivity contribution in [2.24, 2.45) is 0 Å². The van der Waals surface area contributed by atoms with Crippen molar-refractivity contribution >= 4 is 33.5 Å². The molecule has 4 aromatic rings. The minimum absolute atomic E-state index is 0.0344. The Balaban J connectivity index is 1.18. The lowest BCUT2D eigenvalue weighted by atomic mass is 9.85. The van der Waals surface area contributed by atoms with Crippen molar-refractivity contribution in [1.82, 2.24) is 14.7 Å². The summed E-state index contributed by atoms with van der Waals surface area (Å²) in [5.41, 5.74) is 1.55. The number of hydrogen-bond donors (Lipinski definition) is 0. The van der Waals surface area contributed by atoms with Gasteiger partial charge in [0.15, 0.2) is 0 Å². The molecule has 4 aromatic carbocycles. The van der Waals surface area contributed by atoms with Crippen LogP contribution in [0.2, 0.25) is 0 Å². The fraction of sp³-hybridized carbons (Fsp3) is 0.290. The van der Waals surface area contributed by atoms with Crippen molar-refractivity contribution in [3.63, 3.8) is 0 Å². The predicted molar refractivity (Wildman–Crippen MR) is 143 cm³/mol. The molecule has 1 spiro atoms. The lowest BCUT2D eigenvalue weighted by molar-refractivity contribution is -0.136. The van der Waals surface area contributed by atoms with E-state index < -0.39 is 5.54 Å². The topological polar surface area (TPSA) is 43.9 Å². The van der Waals surface area contributed by atoms with E-state index >= 15 is 0 Å². The molecular weight excluding hydrogens is 446 g/mol. The number of nitrogens with zero attached hydrogens (tertiary/aromatic N) is 3. The summed E-state index contributed by atoms with van der Waals surface area (Å²) in [5, 5.41) is 4.78. The molecule has 2 aliphatic heterocycles. The number of likely N-dealkylation sites (N-methyl/N-ethyl adjacent to an activating group) is 1. The monoisotopic (exact) mass is 477 g/mol. The summed E-state index contributed by atoms with van der Waals surface area (Å²) in [6, 6.07) is 29.2. The highest BCUT2D eigenvalue weighted by molar-refractivity contribution is 6.07. The molecule has 0 bridgehead atoms. The molecule has 0 aliphatic carbocycles. The summed E-state index contributed by atoms with van der Waals surface area (Å²) >= 11 is 0. The summed E-state index contributed by atoms with van der Waals surface area (Å²) in [5.74, 6) is -0.0344. The van der Waals surface area contributed by atoms with Crippen molar-refractivity contribution in [3.8, 4) is 0 Å². The van der Waals surface area contributed by atoms with Gasteiger partial charge in [-0.25, -0.2) is 4.79 Å². The van der Waals surface area contributed by atoms with E-state index in [1.54, 1.807) is 0 Å². The van der Waals surface area contributed by atoms with E-state index in [0.29, 0.717) is 25.9 Å². The molecule has 6 rings (SSSR count). The van der Waals surface area contributed by atoms with Crippen LogP contribution in [0.5, 0.6) is 0 Å². The fourth-order valence-corrected chi connectivity index (χ4v) is 6.04. The number of amides is 3. The number of rotatable bonds is 5. The number of benzene rings is 4. The maximum Gasteiger partial charge on any atom is 0.327 e. The first kappa shape index (κ1) is 22.7. The highest BCUT2D eigenvalue weighted by Crippen LogP contribution is 2.38. The molecule has 2 saturated heterocycles. The first-order valence-corrected chi connectivity index (χ1v) is 12.9. The van der Waals surface area contributed by atoms with Crippen LogP contribution in [0.15, 0.2) is 84.9 Å². The summed E-state index contributed by atoms with van der Waals surface area (Å²) in [6.07, 6.45) is 1.35. The Morgan fingerprint density at radius 3 is 1.78 bits per heavy atom. The van der Waals surface area contributed by atoms with Gasteiger partial charge < -0.3 is 4.90 Å². The number of carbonyl (C=O) groups is 2. The van der Waals surface area contributed by atoms with Crippen LogP contribution in [-0.4, -0.2) is 51.8 Å². The first-order chi connectivity index (χ1) is 17.6. The Morgan fingerprint density at radius 1 is 0.694 bits per heavy atom. The van der Waals surface area contributed by atoms with Crippen LogP contribution in [0.25, 0.3) is 21.5 Å². The number of carbonyl (C=O) groups excluding carboxylic acids is 2. The average Bonchev–Trinajstić information content (AvgIpc) is 3.10. The van der Waals surface area contributed by atoms with Crippen molar-refractivity contribution in [3.05, 3.63) is 96.1 Å². The molecule has 0 unspecified atom stereocenters.